The second-order valence-electron chi connectivity index (χ2n) is 4.31. The molecule has 76 valence electrons. The van der Waals surface area contributed by atoms with E-state index in [0.717, 1.165) is 25.2 Å². The summed E-state index contributed by atoms with van der Waals surface area (Å²) in [5, 5.41) is 0.639. The zero-order chi connectivity index (χ0) is 9.68. The van der Waals surface area contributed by atoms with E-state index in [9.17, 15) is 4.79 Å². The summed E-state index contributed by atoms with van der Waals surface area (Å²) in [4.78, 5) is 11.2. The molecule has 1 aliphatic rings. The van der Waals surface area contributed by atoms with E-state index in [4.69, 9.17) is 0 Å². The normalized spacial score (nSPS) is 23.9. The molecule has 0 saturated heterocycles. The summed E-state index contributed by atoms with van der Waals surface area (Å²) in [6.45, 7) is 4.51. The van der Waals surface area contributed by atoms with Crippen molar-refractivity contribution in [2.24, 2.45) is 5.92 Å². The predicted molar refractivity (Wildman–Crippen MR) is 59.2 cm³/mol. The van der Waals surface area contributed by atoms with E-state index in [2.05, 4.69) is 13.8 Å². The molecule has 0 N–H and O–H groups in total. The Labute approximate surface area is 85.7 Å². The van der Waals surface area contributed by atoms with Crippen LogP contribution in [0.5, 0.6) is 0 Å². The Morgan fingerprint density at radius 1 is 1.54 bits per heavy atom. The third-order valence-corrected chi connectivity index (χ3v) is 3.83. The first-order valence-electron chi connectivity index (χ1n) is 5.32. The molecule has 0 bridgehead atoms. The molecule has 0 spiro atoms. The van der Waals surface area contributed by atoms with Gasteiger partial charge in [0.2, 0.25) is 0 Å². The van der Waals surface area contributed by atoms with Crippen LogP contribution in [0.1, 0.15) is 46.0 Å². The van der Waals surface area contributed by atoms with E-state index in [0.29, 0.717) is 11.0 Å². The molecule has 13 heavy (non-hydrogen) atoms. The van der Waals surface area contributed by atoms with Gasteiger partial charge in [-0.1, -0.05) is 13.8 Å². The van der Waals surface area contributed by atoms with E-state index < -0.39 is 0 Å². The highest BCUT2D eigenvalue weighted by molar-refractivity contribution is 7.99. The lowest BCUT2D eigenvalue weighted by atomic mass is 9.99. The molecule has 1 rings (SSSR count). The van der Waals surface area contributed by atoms with Crippen LogP contribution in [0, 0.1) is 5.92 Å². The smallest absolute Gasteiger partial charge is 0.134 e. The molecule has 1 fully saturated rings. The summed E-state index contributed by atoms with van der Waals surface area (Å²) in [6, 6.07) is 0. The van der Waals surface area contributed by atoms with Gasteiger partial charge in [0.15, 0.2) is 0 Å². The van der Waals surface area contributed by atoms with Crippen molar-refractivity contribution < 1.29 is 4.79 Å². The van der Waals surface area contributed by atoms with Gasteiger partial charge in [0.1, 0.15) is 5.78 Å². The molecule has 0 aromatic carbocycles. The number of carbonyl (C=O) groups is 1. The van der Waals surface area contributed by atoms with Crippen molar-refractivity contribution in [1.82, 2.24) is 0 Å². The van der Waals surface area contributed by atoms with Crippen LogP contribution in [0.15, 0.2) is 0 Å². The lowest BCUT2D eigenvalue weighted by molar-refractivity contribution is -0.120. The number of carbonyl (C=O) groups excluding carboxylic acids is 1. The van der Waals surface area contributed by atoms with E-state index >= 15 is 0 Å². The monoisotopic (exact) mass is 200 g/mol. The molecular formula is C11H20OS. The number of ketones is 1. The lowest BCUT2D eigenvalue weighted by Crippen LogP contribution is -2.17. The van der Waals surface area contributed by atoms with Crippen molar-refractivity contribution in [2.75, 3.05) is 5.75 Å². The second-order valence-corrected chi connectivity index (χ2v) is 5.72. The van der Waals surface area contributed by atoms with Gasteiger partial charge in [0, 0.05) is 18.1 Å². The highest BCUT2D eigenvalue weighted by Crippen LogP contribution is 2.27. The topological polar surface area (TPSA) is 17.1 Å². The average molecular weight is 200 g/mol. The Kier molecular flexibility index (Phi) is 4.86. The highest BCUT2D eigenvalue weighted by atomic mass is 32.2. The maximum absolute atomic E-state index is 11.2. The Bertz CT molecular complexity index is 165. The zero-order valence-electron chi connectivity index (χ0n) is 8.71. The fraction of sp³-hybridized carbons (Fsp3) is 0.909. The number of hydrogen-bond donors (Lipinski definition) is 0. The molecule has 1 aliphatic carbocycles. The van der Waals surface area contributed by atoms with Gasteiger partial charge in [0.25, 0.3) is 0 Å². The molecule has 0 heterocycles. The van der Waals surface area contributed by atoms with Crippen LogP contribution in [0.2, 0.25) is 0 Å². The molecule has 1 unspecified atom stereocenters. The Hall–Kier alpha value is 0.0200. The average Bonchev–Trinajstić information content (AvgIpc) is 2.03. The largest absolute Gasteiger partial charge is 0.300 e. The molecule has 0 amide bonds. The Balaban J connectivity index is 2.10. The summed E-state index contributed by atoms with van der Waals surface area (Å²) in [7, 11) is 0. The first-order chi connectivity index (χ1) is 6.18. The van der Waals surface area contributed by atoms with Gasteiger partial charge in [-0.15, -0.1) is 0 Å². The summed E-state index contributed by atoms with van der Waals surface area (Å²) in [6.07, 6.45) is 5.34. The predicted octanol–water partition coefficient (Wildman–Crippen LogP) is 3.28. The Morgan fingerprint density at radius 2 is 2.31 bits per heavy atom. The number of hydrogen-bond acceptors (Lipinski definition) is 2. The van der Waals surface area contributed by atoms with E-state index in [1.807, 2.05) is 11.8 Å². The van der Waals surface area contributed by atoms with E-state index in [-0.39, 0.29) is 0 Å². The van der Waals surface area contributed by atoms with Crippen LogP contribution in [0.3, 0.4) is 0 Å². The van der Waals surface area contributed by atoms with Crippen LogP contribution in [0.4, 0.5) is 0 Å². The van der Waals surface area contributed by atoms with Crippen LogP contribution in [-0.4, -0.2) is 16.8 Å². The number of rotatable bonds is 4. The van der Waals surface area contributed by atoms with Crippen molar-refractivity contribution in [2.45, 2.75) is 51.2 Å². The van der Waals surface area contributed by atoms with Crippen molar-refractivity contribution >= 4 is 17.5 Å². The third kappa shape index (κ3) is 4.70. The minimum atomic E-state index is 0.480. The number of Topliss-reactive ketones (excluding diaryl/α,β-unsaturated/α-hetero) is 1. The molecule has 1 atom stereocenters. The minimum Gasteiger partial charge on any atom is -0.300 e. The fourth-order valence-electron chi connectivity index (χ4n) is 1.60. The minimum absolute atomic E-state index is 0.480. The van der Waals surface area contributed by atoms with E-state index in [1.165, 1.54) is 18.6 Å². The first-order valence-corrected chi connectivity index (χ1v) is 6.36. The van der Waals surface area contributed by atoms with Gasteiger partial charge in [0.05, 0.1) is 0 Å². The van der Waals surface area contributed by atoms with E-state index in [1.54, 1.807) is 0 Å². The first kappa shape index (κ1) is 11.1. The molecule has 2 heteroatoms. The molecular weight excluding hydrogens is 180 g/mol. The van der Waals surface area contributed by atoms with Gasteiger partial charge < -0.3 is 0 Å². The SMILES string of the molecule is CC(C)CCSC1CCCC(=O)C1. The molecule has 1 saturated carbocycles. The standard InChI is InChI=1S/C11H20OS/c1-9(2)6-7-13-11-5-3-4-10(12)8-11/h9,11H,3-8H2,1-2H3. The highest BCUT2D eigenvalue weighted by Gasteiger charge is 2.19. The summed E-state index contributed by atoms with van der Waals surface area (Å²) < 4.78 is 0. The summed E-state index contributed by atoms with van der Waals surface area (Å²) in [5.74, 6) is 2.51. The van der Waals surface area contributed by atoms with Gasteiger partial charge in [-0.3, -0.25) is 4.79 Å². The zero-order valence-corrected chi connectivity index (χ0v) is 9.53. The van der Waals surface area contributed by atoms with Crippen LogP contribution in [-0.2, 0) is 4.79 Å². The second kappa shape index (κ2) is 5.69. The van der Waals surface area contributed by atoms with Crippen molar-refractivity contribution in [1.29, 1.82) is 0 Å². The van der Waals surface area contributed by atoms with Crippen molar-refractivity contribution in [3.05, 3.63) is 0 Å². The molecule has 0 radical (unpaired) electrons. The Morgan fingerprint density at radius 3 is 2.92 bits per heavy atom. The van der Waals surface area contributed by atoms with Crippen molar-refractivity contribution in [3.8, 4) is 0 Å². The summed E-state index contributed by atoms with van der Waals surface area (Å²) in [5.41, 5.74) is 0. The maximum Gasteiger partial charge on any atom is 0.134 e. The van der Waals surface area contributed by atoms with Crippen molar-refractivity contribution in [3.63, 3.8) is 0 Å². The van der Waals surface area contributed by atoms with Gasteiger partial charge in [-0.05, 0) is 30.9 Å². The van der Waals surface area contributed by atoms with Crippen LogP contribution >= 0.6 is 11.8 Å². The third-order valence-electron chi connectivity index (χ3n) is 2.49. The fourth-order valence-corrected chi connectivity index (χ4v) is 3.18. The molecule has 0 aliphatic heterocycles. The summed E-state index contributed by atoms with van der Waals surface area (Å²) >= 11 is 2.01. The van der Waals surface area contributed by atoms with Gasteiger partial charge >= 0.3 is 0 Å². The molecule has 0 aromatic heterocycles. The van der Waals surface area contributed by atoms with Gasteiger partial charge in [-0.2, -0.15) is 11.8 Å². The number of thioether (sulfide) groups is 1. The van der Waals surface area contributed by atoms with Crippen LogP contribution in [0.25, 0.3) is 0 Å². The molecule has 1 nitrogen and oxygen atoms in total. The lowest BCUT2D eigenvalue weighted by Gasteiger charge is -2.20. The maximum atomic E-state index is 11.2. The van der Waals surface area contributed by atoms with Gasteiger partial charge in [-0.25, -0.2) is 0 Å². The quantitative estimate of drug-likeness (QED) is 0.693. The molecule has 0 aromatic rings. The van der Waals surface area contributed by atoms with Crippen LogP contribution < -0.4 is 0 Å².